The van der Waals surface area contributed by atoms with E-state index in [0.29, 0.717) is 25.2 Å². The van der Waals surface area contributed by atoms with Crippen molar-refractivity contribution in [1.29, 1.82) is 0 Å². The SMILES string of the molecule is NCC(=O)N[C@@H]1CCc2ccccc2N(Cc2ccc(-c3ccccc3-c3nn[nH]n3)cc2)C1=O. The summed E-state index contributed by atoms with van der Waals surface area (Å²) in [6.07, 6.45) is 1.23. The van der Waals surface area contributed by atoms with Crippen LogP contribution in [0.15, 0.2) is 72.8 Å². The second-order valence-electron chi connectivity index (χ2n) is 8.39. The fourth-order valence-corrected chi connectivity index (χ4v) is 4.44. The number of anilines is 1. The van der Waals surface area contributed by atoms with Gasteiger partial charge >= 0.3 is 0 Å². The molecule has 0 aliphatic carbocycles. The summed E-state index contributed by atoms with van der Waals surface area (Å²) in [6.45, 7) is 0.237. The Hall–Kier alpha value is -4.37. The number of benzene rings is 3. The van der Waals surface area contributed by atoms with Crippen molar-refractivity contribution in [2.75, 3.05) is 11.4 Å². The van der Waals surface area contributed by atoms with Gasteiger partial charge in [0.1, 0.15) is 6.04 Å². The highest BCUT2D eigenvalue weighted by atomic mass is 16.2. The number of aromatic amines is 1. The van der Waals surface area contributed by atoms with E-state index in [1.807, 2.05) is 72.8 Å². The molecular weight excluding hydrogens is 442 g/mol. The number of hydrogen-bond acceptors (Lipinski definition) is 6. The van der Waals surface area contributed by atoms with E-state index >= 15 is 0 Å². The Labute approximate surface area is 202 Å². The van der Waals surface area contributed by atoms with Crippen molar-refractivity contribution >= 4 is 17.5 Å². The number of aromatic nitrogens is 4. The summed E-state index contributed by atoms with van der Waals surface area (Å²) in [7, 11) is 0. The molecule has 0 bridgehead atoms. The lowest BCUT2D eigenvalue weighted by molar-refractivity contribution is -0.127. The maximum Gasteiger partial charge on any atom is 0.249 e. The number of carbonyl (C=O) groups is 2. The number of nitrogens with two attached hydrogens (primary N) is 1. The van der Waals surface area contributed by atoms with Crippen LogP contribution in [0.4, 0.5) is 5.69 Å². The number of amides is 2. The van der Waals surface area contributed by atoms with Crippen molar-refractivity contribution in [3.63, 3.8) is 0 Å². The molecule has 5 rings (SSSR count). The van der Waals surface area contributed by atoms with Crippen LogP contribution in [0.2, 0.25) is 0 Å². The first-order valence-electron chi connectivity index (χ1n) is 11.4. The summed E-state index contributed by atoms with van der Waals surface area (Å²) in [5, 5.41) is 17.2. The molecule has 35 heavy (non-hydrogen) atoms. The van der Waals surface area contributed by atoms with E-state index in [4.69, 9.17) is 5.73 Å². The van der Waals surface area contributed by atoms with Crippen LogP contribution in [0.1, 0.15) is 17.5 Å². The van der Waals surface area contributed by atoms with Gasteiger partial charge in [0, 0.05) is 11.3 Å². The zero-order valence-electron chi connectivity index (χ0n) is 19.0. The van der Waals surface area contributed by atoms with Crippen LogP contribution in [0.5, 0.6) is 0 Å². The van der Waals surface area contributed by atoms with Crippen molar-refractivity contribution in [2.24, 2.45) is 5.73 Å². The number of tetrazole rings is 1. The minimum Gasteiger partial charge on any atom is -0.343 e. The van der Waals surface area contributed by atoms with Gasteiger partial charge in [-0.15, -0.1) is 10.2 Å². The lowest BCUT2D eigenvalue weighted by atomic mass is 9.98. The molecule has 3 aromatic carbocycles. The minimum atomic E-state index is -0.612. The third kappa shape index (κ3) is 4.67. The predicted octanol–water partition coefficient (Wildman–Crippen LogP) is 2.46. The summed E-state index contributed by atoms with van der Waals surface area (Å²) in [4.78, 5) is 27.2. The monoisotopic (exact) mass is 467 g/mol. The number of hydrogen-bond donors (Lipinski definition) is 3. The van der Waals surface area contributed by atoms with E-state index in [1.54, 1.807) is 4.90 Å². The zero-order valence-corrected chi connectivity index (χ0v) is 19.0. The second kappa shape index (κ2) is 9.86. The first-order valence-corrected chi connectivity index (χ1v) is 11.4. The third-order valence-corrected chi connectivity index (χ3v) is 6.19. The Balaban J connectivity index is 1.43. The number of aryl methyl sites for hydroxylation is 1. The standard InChI is InChI=1S/C26H25N7O2/c27-15-24(34)28-22-14-13-19-5-1-4-8-23(19)33(26(22)35)16-17-9-11-18(12-10-17)20-6-2-3-7-21(20)25-29-31-32-30-25/h1-12,22H,13-16,27H2,(H,28,34)(H,29,30,31,32)/t22-/m1/s1. The van der Waals surface area contributed by atoms with Gasteiger partial charge in [0.25, 0.3) is 0 Å². The Bertz CT molecular complexity index is 1340. The van der Waals surface area contributed by atoms with Crippen LogP contribution in [0.25, 0.3) is 22.5 Å². The summed E-state index contributed by atoms with van der Waals surface area (Å²) in [6, 6.07) is 23.2. The lowest BCUT2D eigenvalue weighted by Gasteiger charge is -2.26. The molecule has 2 heterocycles. The molecule has 0 fully saturated rings. The topological polar surface area (TPSA) is 130 Å². The molecule has 0 saturated carbocycles. The fraction of sp³-hybridized carbons (Fsp3) is 0.192. The smallest absolute Gasteiger partial charge is 0.249 e. The van der Waals surface area contributed by atoms with Gasteiger partial charge in [-0.05, 0) is 46.4 Å². The van der Waals surface area contributed by atoms with E-state index in [-0.39, 0.29) is 18.4 Å². The number of carbonyl (C=O) groups excluding carboxylic acids is 2. The molecule has 9 nitrogen and oxygen atoms in total. The van der Waals surface area contributed by atoms with Crippen LogP contribution in [0, 0.1) is 0 Å². The van der Waals surface area contributed by atoms with Gasteiger partial charge in [0.05, 0.1) is 13.1 Å². The normalized spacial score (nSPS) is 15.4. The quantitative estimate of drug-likeness (QED) is 0.399. The molecule has 9 heteroatoms. The fourth-order valence-electron chi connectivity index (χ4n) is 4.44. The van der Waals surface area contributed by atoms with Crippen LogP contribution in [-0.2, 0) is 22.6 Å². The summed E-state index contributed by atoms with van der Waals surface area (Å²) in [5.74, 6) is 0.0594. The van der Waals surface area contributed by atoms with Crippen LogP contribution >= 0.6 is 0 Å². The summed E-state index contributed by atoms with van der Waals surface area (Å²) >= 11 is 0. The minimum absolute atomic E-state index is 0.136. The largest absolute Gasteiger partial charge is 0.343 e. The maximum atomic E-state index is 13.5. The Morgan fingerprint density at radius 3 is 2.51 bits per heavy atom. The van der Waals surface area contributed by atoms with Crippen LogP contribution in [0.3, 0.4) is 0 Å². The second-order valence-corrected chi connectivity index (χ2v) is 8.39. The zero-order chi connectivity index (χ0) is 24.2. The van der Waals surface area contributed by atoms with Gasteiger partial charge in [0.2, 0.25) is 17.6 Å². The number of rotatable bonds is 6. The molecule has 0 saturated heterocycles. The number of nitrogens with one attached hydrogen (secondary N) is 2. The van der Waals surface area contributed by atoms with E-state index in [1.165, 1.54) is 0 Å². The highest BCUT2D eigenvalue weighted by Gasteiger charge is 2.31. The molecule has 1 atom stereocenters. The Kier molecular flexibility index (Phi) is 6.32. The van der Waals surface area contributed by atoms with Crippen LogP contribution < -0.4 is 16.0 Å². The number of para-hydroxylation sites is 1. The van der Waals surface area contributed by atoms with Crippen molar-refractivity contribution in [1.82, 2.24) is 25.9 Å². The van der Waals surface area contributed by atoms with E-state index in [9.17, 15) is 9.59 Å². The van der Waals surface area contributed by atoms with Crippen LogP contribution in [-0.4, -0.2) is 45.0 Å². The molecular formula is C26H25N7O2. The molecule has 0 radical (unpaired) electrons. The van der Waals surface area contributed by atoms with Crippen molar-refractivity contribution in [3.8, 4) is 22.5 Å². The first-order chi connectivity index (χ1) is 17.1. The number of nitrogens with zero attached hydrogens (tertiary/aromatic N) is 4. The van der Waals surface area contributed by atoms with E-state index in [2.05, 4.69) is 25.9 Å². The lowest BCUT2D eigenvalue weighted by Crippen LogP contribution is -2.49. The number of H-pyrrole nitrogens is 1. The van der Waals surface area contributed by atoms with Gasteiger partial charge in [0.15, 0.2) is 0 Å². The highest BCUT2D eigenvalue weighted by molar-refractivity contribution is 6.00. The van der Waals surface area contributed by atoms with Gasteiger partial charge in [-0.25, -0.2) is 0 Å². The molecule has 2 amide bonds. The van der Waals surface area contributed by atoms with Gasteiger partial charge in [-0.3, -0.25) is 9.59 Å². The van der Waals surface area contributed by atoms with Crippen molar-refractivity contribution in [3.05, 3.63) is 83.9 Å². The first kappa shape index (κ1) is 22.4. The molecule has 4 N–H and O–H groups in total. The average Bonchev–Trinajstić information content (AvgIpc) is 3.41. The molecule has 4 aromatic rings. The Morgan fingerprint density at radius 1 is 1.03 bits per heavy atom. The van der Waals surface area contributed by atoms with Gasteiger partial charge in [-0.2, -0.15) is 5.21 Å². The van der Waals surface area contributed by atoms with Gasteiger partial charge < -0.3 is 16.0 Å². The molecule has 0 unspecified atom stereocenters. The van der Waals surface area contributed by atoms with Crippen molar-refractivity contribution in [2.45, 2.75) is 25.4 Å². The van der Waals surface area contributed by atoms with Crippen molar-refractivity contribution < 1.29 is 9.59 Å². The molecule has 1 aliphatic heterocycles. The third-order valence-electron chi connectivity index (χ3n) is 6.19. The maximum absolute atomic E-state index is 13.5. The molecule has 1 aliphatic rings. The summed E-state index contributed by atoms with van der Waals surface area (Å²) in [5.41, 5.74) is 11.3. The number of fused-ring (bicyclic) bond motifs is 1. The molecule has 0 spiro atoms. The van der Waals surface area contributed by atoms with Gasteiger partial charge in [-0.1, -0.05) is 66.7 Å². The summed E-state index contributed by atoms with van der Waals surface area (Å²) < 4.78 is 0. The molecule has 1 aromatic heterocycles. The average molecular weight is 468 g/mol. The van der Waals surface area contributed by atoms with E-state index < -0.39 is 6.04 Å². The van der Waals surface area contributed by atoms with E-state index in [0.717, 1.165) is 33.5 Å². The Morgan fingerprint density at radius 2 is 1.77 bits per heavy atom. The molecule has 176 valence electrons. The highest BCUT2D eigenvalue weighted by Crippen LogP contribution is 2.31. The predicted molar refractivity (Wildman–Crippen MR) is 132 cm³/mol.